The molecule has 0 aromatic heterocycles. The van der Waals surface area contributed by atoms with E-state index >= 15 is 0 Å². The van der Waals surface area contributed by atoms with E-state index in [9.17, 15) is 4.79 Å². The number of amides is 1. The van der Waals surface area contributed by atoms with E-state index in [1.54, 1.807) is 0 Å². The first-order chi connectivity index (χ1) is 7.72. The van der Waals surface area contributed by atoms with Crippen LogP contribution in [-0.2, 0) is 4.79 Å². The van der Waals surface area contributed by atoms with Gasteiger partial charge in [0, 0.05) is 18.1 Å². The zero-order valence-corrected chi connectivity index (χ0v) is 10.7. The molecule has 0 aliphatic heterocycles. The Hall–Kier alpha value is -0.280. The molecule has 2 unspecified atom stereocenters. The molecular weight excluding hydrogens is 224 g/mol. The normalized spacial score (nSPS) is 30.4. The van der Waals surface area contributed by atoms with Crippen LogP contribution in [0, 0.1) is 0 Å². The van der Waals surface area contributed by atoms with Gasteiger partial charge < -0.3 is 5.32 Å². The summed E-state index contributed by atoms with van der Waals surface area (Å²) >= 11 is 5.55. The van der Waals surface area contributed by atoms with Gasteiger partial charge in [-0.25, -0.2) is 0 Å². The lowest BCUT2D eigenvalue weighted by Gasteiger charge is -2.38. The zero-order valence-electron chi connectivity index (χ0n) is 9.92. The van der Waals surface area contributed by atoms with Crippen molar-refractivity contribution in [2.45, 2.75) is 56.7 Å². The molecule has 0 spiro atoms. The molecule has 1 amide bonds. The highest BCUT2D eigenvalue weighted by atomic mass is 35.5. The van der Waals surface area contributed by atoms with Gasteiger partial charge in [-0.15, -0.1) is 11.6 Å². The fourth-order valence-corrected chi connectivity index (χ4v) is 2.84. The molecule has 2 aliphatic carbocycles. The van der Waals surface area contributed by atoms with Gasteiger partial charge in [-0.1, -0.05) is 12.8 Å². The fraction of sp³-hybridized carbons (Fsp3) is 0.917. The van der Waals surface area contributed by atoms with Crippen LogP contribution in [0.4, 0.5) is 0 Å². The highest BCUT2D eigenvalue weighted by molar-refractivity contribution is 6.27. The summed E-state index contributed by atoms with van der Waals surface area (Å²) in [5.41, 5.74) is 0. The summed E-state index contributed by atoms with van der Waals surface area (Å²) in [7, 11) is 2.20. The molecule has 2 atom stereocenters. The smallest absolute Gasteiger partial charge is 0.235 e. The minimum atomic E-state index is -0.0252. The molecule has 0 heterocycles. The lowest BCUT2D eigenvalue weighted by Crippen LogP contribution is -2.53. The monoisotopic (exact) mass is 244 g/mol. The SMILES string of the molecule is CN(C1CC1)C1CCCCC1NC(=O)CCl. The third kappa shape index (κ3) is 2.89. The van der Waals surface area contributed by atoms with Crippen LogP contribution < -0.4 is 5.32 Å². The third-order valence-electron chi connectivity index (χ3n) is 3.84. The van der Waals surface area contributed by atoms with Gasteiger partial charge in [0.15, 0.2) is 0 Å². The van der Waals surface area contributed by atoms with Gasteiger partial charge in [-0.3, -0.25) is 9.69 Å². The average Bonchev–Trinajstić information content (AvgIpc) is 3.12. The van der Waals surface area contributed by atoms with E-state index in [4.69, 9.17) is 11.6 Å². The first-order valence-corrected chi connectivity index (χ1v) is 6.83. The average molecular weight is 245 g/mol. The Morgan fingerprint density at radius 3 is 2.62 bits per heavy atom. The number of rotatable bonds is 4. The molecular formula is C12H21ClN2O. The first-order valence-electron chi connectivity index (χ1n) is 6.29. The van der Waals surface area contributed by atoms with Crippen LogP contribution in [0.2, 0.25) is 0 Å². The zero-order chi connectivity index (χ0) is 11.5. The molecule has 1 N–H and O–H groups in total. The van der Waals surface area contributed by atoms with Crippen LogP contribution >= 0.6 is 11.6 Å². The number of carbonyl (C=O) groups excluding carboxylic acids is 1. The fourth-order valence-electron chi connectivity index (χ4n) is 2.77. The van der Waals surface area contributed by atoms with Gasteiger partial charge in [-0.2, -0.15) is 0 Å². The van der Waals surface area contributed by atoms with Crippen LogP contribution in [0.25, 0.3) is 0 Å². The van der Waals surface area contributed by atoms with Crippen LogP contribution in [0.5, 0.6) is 0 Å². The molecule has 3 nitrogen and oxygen atoms in total. The molecule has 0 bridgehead atoms. The van der Waals surface area contributed by atoms with E-state index in [1.807, 2.05) is 0 Å². The maximum Gasteiger partial charge on any atom is 0.235 e. The Kier molecular flexibility index (Phi) is 4.09. The molecule has 0 saturated heterocycles. The van der Waals surface area contributed by atoms with E-state index in [-0.39, 0.29) is 11.8 Å². The highest BCUT2D eigenvalue weighted by Gasteiger charge is 2.36. The van der Waals surface area contributed by atoms with Gasteiger partial charge in [0.05, 0.1) is 0 Å². The number of hydrogen-bond acceptors (Lipinski definition) is 2. The number of carbonyl (C=O) groups is 1. The molecule has 0 radical (unpaired) electrons. The Bertz CT molecular complexity index is 255. The summed E-state index contributed by atoms with van der Waals surface area (Å²) in [4.78, 5) is 13.8. The van der Waals surface area contributed by atoms with E-state index in [2.05, 4.69) is 17.3 Å². The summed E-state index contributed by atoms with van der Waals surface area (Å²) in [5, 5.41) is 3.07. The quantitative estimate of drug-likeness (QED) is 0.765. The Labute approximate surface area is 103 Å². The number of alkyl halides is 1. The maximum absolute atomic E-state index is 11.4. The molecule has 2 saturated carbocycles. The summed E-state index contributed by atoms with van der Waals surface area (Å²) in [6.45, 7) is 0. The van der Waals surface area contributed by atoms with E-state index in [0.717, 1.165) is 12.5 Å². The van der Waals surface area contributed by atoms with Gasteiger partial charge in [-0.05, 0) is 32.7 Å². The molecule has 4 heteroatoms. The van der Waals surface area contributed by atoms with Gasteiger partial charge in [0.1, 0.15) is 5.88 Å². The van der Waals surface area contributed by atoms with Crippen LogP contribution in [-0.4, -0.2) is 41.9 Å². The lowest BCUT2D eigenvalue weighted by atomic mass is 9.89. The van der Waals surface area contributed by atoms with Crippen LogP contribution in [0.15, 0.2) is 0 Å². The third-order valence-corrected chi connectivity index (χ3v) is 4.09. The molecule has 0 aromatic carbocycles. The second kappa shape index (κ2) is 5.37. The number of halogens is 1. The van der Waals surface area contributed by atoms with Gasteiger partial charge in [0.2, 0.25) is 5.91 Å². The number of nitrogens with one attached hydrogen (secondary N) is 1. The van der Waals surface area contributed by atoms with Crippen molar-refractivity contribution in [1.82, 2.24) is 10.2 Å². The predicted molar refractivity (Wildman–Crippen MR) is 65.7 cm³/mol. The van der Waals surface area contributed by atoms with Crippen molar-refractivity contribution in [1.29, 1.82) is 0 Å². The number of likely N-dealkylation sites (N-methyl/N-ethyl adjacent to an activating group) is 1. The number of hydrogen-bond donors (Lipinski definition) is 1. The van der Waals surface area contributed by atoms with Crippen LogP contribution in [0.1, 0.15) is 38.5 Å². The molecule has 2 aliphatic rings. The second-order valence-corrected chi connectivity index (χ2v) is 5.32. The van der Waals surface area contributed by atoms with E-state index < -0.39 is 0 Å². The molecule has 0 aromatic rings. The highest BCUT2D eigenvalue weighted by Crippen LogP contribution is 2.32. The molecule has 16 heavy (non-hydrogen) atoms. The van der Waals surface area contributed by atoms with Crippen molar-refractivity contribution in [3.8, 4) is 0 Å². The summed E-state index contributed by atoms with van der Waals surface area (Å²) in [5.74, 6) is 0.0545. The Morgan fingerprint density at radius 2 is 2.00 bits per heavy atom. The number of nitrogens with zero attached hydrogens (tertiary/aromatic N) is 1. The van der Waals surface area contributed by atoms with Crippen molar-refractivity contribution in [2.75, 3.05) is 12.9 Å². The summed E-state index contributed by atoms with van der Waals surface area (Å²) < 4.78 is 0. The predicted octanol–water partition coefficient (Wildman–Crippen LogP) is 1.75. The van der Waals surface area contributed by atoms with E-state index in [1.165, 1.54) is 32.1 Å². The summed E-state index contributed by atoms with van der Waals surface area (Å²) in [6, 6.07) is 1.59. The van der Waals surface area contributed by atoms with Gasteiger partial charge in [0.25, 0.3) is 0 Å². The molecule has 92 valence electrons. The van der Waals surface area contributed by atoms with Crippen molar-refractivity contribution in [3.63, 3.8) is 0 Å². The van der Waals surface area contributed by atoms with Crippen molar-refractivity contribution in [3.05, 3.63) is 0 Å². The standard InChI is InChI=1S/C12H21ClN2O/c1-15(9-6-7-9)11-5-3-2-4-10(11)14-12(16)8-13/h9-11H,2-8H2,1H3,(H,14,16). The summed E-state index contributed by atoms with van der Waals surface area (Å²) in [6.07, 6.45) is 7.47. The largest absolute Gasteiger partial charge is 0.351 e. The van der Waals surface area contributed by atoms with Crippen molar-refractivity contribution in [2.24, 2.45) is 0 Å². The molecule has 2 rings (SSSR count). The van der Waals surface area contributed by atoms with Crippen molar-refractivity contribution < 1.29 is 4.79 Å². The Morgan fingerprint density at radius 1 is 1.31 bits per heavy atom. The first kappa shape index (κ1) is 12.2. The van der Waals surface area contributed by atoms with Crippen LogP contribution in [0.3, 0.4) is 0 Å². The van der Waals surface area contributed by atoms with Gasteiger partial charge >= 0.3 is 0 Å². The minimum Gasteiger partial charge on any atom is -0.351 e. The topological polar surface area (TPSA) is 32.3 Å². The molecule has 2 fully saturated rings. The second-order valence-electron chi connectivity index (χ2n) is 5.06. The lowest BCUT2D eigenvalue weighted by molar-refractivity contribution is -0.120. The van der Waals surface area contributed by atoms with E-state index in [0.29, 0.717) is 12.1 Å². The Balaban J connectivity index is 1.92. The van der Waals surface area contributed by atoms with Crippen molar-refractivity contribution >= 4 is 17.5 Å². The maximum atomic E-state index is 11.4. The minimum absolute atomic E-state index is 0.0252.